The highest BCUT2D eigenvalue weighted by Crippen LogP contribution is 2.43. The Bertz CT molecular complexity index is 988. The van der Waals surface area contributed by atoms with Crippen molar-refractivity contribution in [3.05, 3.63) is 37.0 Å². The molecule has 0 saturated carbocycles. The summed E-state index contributed by atoms with van der Waals surface area (Å²) >= 11 is 0. The second kappa shape index (κ2) is 41.9. The maximum Gasteiger partial charge on any atom is 0.472 e. The summed E-state index contributed by atoms with van der Waals surface area (Å²) in [7, 11) is -4.38. The van der Waals surface area contributed by atoms with Gasteiger partial charge in [0.15, 0.2) is 6.10 Å². The molecule has 9 nitrogen and oxygen atoms in total. The Morgan fingerprint density at radius 2 is 1.04 bits per heavy atom. The summed E-state index contributed by atoms with van der Waals surface area (Å²) in [6, 6.07) is 0. The third-order valence-corrected chi connectivity index (χ3v) is 10.6. The Labute approximate surface area is 337 Å². The summed E-state index contributed by atoms with van der Waals surface area (Å²) in [4.78, 5) is 34.9. The van der Waals surface area contributed by atoms with Crippen molar-refractivity contribution in [2.45, 2.75) is 212 Å². The van der Waals surface area contributed by atoms with E-state index in [2.05, 4.69) is 37.8 Å². The second-order valence-electron chi connectivity index (χ2n) is 15.0. The van der Waals surface area contributed by atoms with Gasteiger partial charge in [0.1, 0.15) is 6.61 Å². The number of phosphoric ester groups is 1. The highest BCUT2D eigenvalue weighted by atomic mass is 31.2. The van der Waals surface area contributed by atoms with Crippen LogP contribution in [0.4, 0.5) is 0 Å². The Morgan fingerprint density at radius 1 is 0.600 bits per heavy atom. The first kappa shape index (κ1) is 53.2. The Hall–Kier alpha value is -1.77. The van der Waals surface area contributed by atoms with Crippen LogP contribution in [-0.4, -0.2) is 49.3 Å². The average Bonchev–Trinajstić information content (AvgIpc) is 3.17. The van der Waals surface area contributed by atoms with Crippen LogP contribution in [0, 0.1) is 0 Å². The third-order valence-electron chi connectivity index (χ3n) is 9.64. The lowest BCUT2D eigenvalue weighted by molar-refractivity contribution is -0.161. The molecule has 0 fully saturated rings. The van der Waals surface area contributed by atoms with Crippen LogP contribution in [-0.2, 0) is 32.7 Å². The quantitative estimate of drug-likeness (QED) is 0.0267. The minimum Gasteiger partial charge on any atom is -0.462 e. The maximum atomic E-state index is 12.6. The first-order valence-corrected chi connectivity index (χ1v) is 23.9. The summed E-state index contributed by atoms with van der Waals surface area (Å²) in [5.74, 6) is -0.831. The van der Waals surface area contributed by atoms with E-state index >= 15 is 0 Å². The highest BCUT2D eigenvalue weighted by Gasteiger charge is 2.26. The molecule has 0 amide bonds. The molecule has 0 aliphatic carbocycles. The SMILES string of the molecule is C=CCCCCCCCCCCCCCCCC(=O)OC[C@H](COP(=O)(O)OCCN)OC(=O)CCCCCCCCCCC/C=C/C/C=C/CCCCC. The smallest absolute Gasteiger partial charge is 0.462 e. The lowest BCUT2D eigenvalue weighted by atomic mass is 10.0. The molecule has 0 aromatic heterocycles. The molecule has 2 atom stereocenters. The van der Waals surface area contributed by atoms with Gasteiger partial charge in [0.25, 0.3) is 0 Å². The molecule has 0 aromatic carbocycles. The minimum absolute atomic E-state index is 0.0523. The number of hydrogen-bond acceptors (Lipinski definition) is 8. The number of rotatable bonds is 43. The van der Waals surface area contributed by atoms with Gasteiger partial charge in [-0.05, 0) is 57.8 Å². The molecule has 1 unspecified atom stereocenters. The van der Waals surface area contributed by atoms with E-state index in [0.717, 1.165) is 57.8 Å². The number of esters is 2. The van der Waals surface area contributed by atoms with Gasteiger partial charge < -0.3 is 20.1 Å². The molecular formula is C45H84NO8P. The first-order chi connectivity index (χ1) is 26.8. The zero-order valence-corrected chi connectivity index (χ0v) is 36.1. The standard InChI is InChI=1S/C45H84NO8P/c1-3-5-7-9-11-13-15-17-19-20-21-22-24-26-28-30-32-34-36-38-45(48)54-43(42-53-55(49,50)52-40-39-46)41-51-44(47)37-35-33-31-29-27-25-23-18-16-14-12-10-8-6-4-2/h4,11,13,17,19,43H,2-3,5-10,12,14-16,18,20-42,46H2,1H3,(H,49,50)/b13-11+,19-17+/t43-/m1/s1. The van der Waals surface area contributed by atoms with Gasteiger partial charge in [-0.1, -0.05) is 166 Å². The summed E-state index contributed by atoms with van der Waals surface area (Å²) in [6.45, 7) is 5.24. The fourth-order valence-electron chi connectivity index (χ4n) is 6.29. The molecular weight excluding hydrogens is 713 g/mol. The number of ether oxygens (including phenoxy) is 2. The lowest BCUT2D eigenvalue weighted by Crippen LogP contribution is -2.29. The molecule has 0 heterocycles. The normalized spacial score (nSPS) is 13.4. The summed E-state index contributed by atoms with van der Waals surface area (Å²) < 4.78 is 32.8. The van der Waals surface area contributed by atoms with Crippen LogP contribution in [0.5, 0.6) is 0 Å². The number of carbonyl (C=O) groups is 2. The Kier molecular flexibility index (Phi) is 40.5. The van der Waals surface area contributed by atoms with Gasteiger partial charge >= 0.3 is 19.8 Å². The Morgan fingerprint density at radius 3 is 1.51 bits per heavy atom. The first-order valence-electron chi connectivity index (χ1n) is 22.4. The molecule has 3 N–H and O–H groups in total. The van der Waals surface area contributed by atoms with E-state index in [1.54, 1.807) is 0 Å². The second-order valence-corrected chi connectivity index (χ2v) is 16.5. The van der Waals surface area contributed by atoms with Crippen molar-refractivity contribution in [1.82, 2.24) is 0 Å². The average molecular weight is 798 g/mol. The van der Waals surface area contributed by atoms with Crippen molar-refractivity contribution in [3.8, 4) is 0 Å². The van der Waals surface area contributed by atoms with Crippen LogP contribution >= 0.6 is 7.82 Å². The topological polar surface area (TPSA) is 134 Å². The van der Waals surface area contributed by atoms with Crippen LogP contribution < -0.4 is 5.73 Å². The molecule has 0 radical (unpaired) electrons. The van der Waals surface area contributed by atoms with Crippen LogP contribution in [0.15, 0.2) is 37.0 Å². The van der Waals surface area contributed by atoms with Crippen molar-refractivity contribution in [2.24, 2.45) is 5.73 Å². The van der Waals surface area contributed by atoms with Crippen LogP contribution in [0.25, 0.3) is 0 Å². The van der Waals surface area contributed by atoms with Gasteiger partial charge in [-0.25, -0.2) is 4.57 Å². The molecule has 322 valence electrons. The number of hydrogen-bond donors (Lipinski definition) is 2. The lowest BCUT2D eigenvalue weighted by Gasteiger charge is -2.19. The van der Waals surface area contributed by atoms with Gasteiger partial charge in [-0.2, -0.15) is 0 Å². The fourth-order valence-corrected chi connectivity index (χ4v) is 7.06. The maximum absolute atomic E-state index is 12.6. The van der Waals surface area contributed by atoms with E-state index in [1.807, 2.05) is 6.08 Å². The van der Waals surface area contributed by atoms with Crippen molar-refractivity contribution in [1.29, 1.82) is 0 Å². The van der Waals surface area contributed by atoms with E-state index < -0.39 is 26.5 Å². The number of allylic oxidation sites excluding steroid dienone is 5. The highest BCUT2D eigenvalue weighted by molar-refractivity contribution is 7.47. The number of unbranched alkanes of at least 4 members (excludes halogenated alkanes) is 25. The number of phosphoric acid groups is 1. The largest absolute Gasteiger partial charge is 0.472 e. The summed E-state index contributed by atoms with van der Waals surface area (Å²) in [5, 5.41) is 0. The predicted molar refractivity (Wildman–Crippen MR) is 229 cm³/mol. The predicted octanol–water partition coefficient (Wildman–Crippen LogP) is 12.9. The molecule has 0 aromatic rings. The van der Waals surface area contributed by atoms with E-state index in [0.29, 0.717) is 6.42 Å². The summed E-state index contributed by atoms with van der Waals surface area (Å²) in [5.41, 5.74) is 5.35. The zero-order valence-electron chi connectivity index (χ0n) is 35.2. The van der Waals surface area contributed by atoms with E-state index in [1.165, 1.54) is 122 Å². The van der Waals surface area contributed by atoms with Gasteiger partial charge in [0.05, 0.1) is 13.2 Å². The van der Waals surface area contributed by atoms with Gasteiger partial charge in [-0.3, -0.25) is 18.6 Å². The van der Waals surface area contributed by atoms with Crippen molar-refractivity contribution < 1.29 is 37.6 Å². The fraction of sp³-hybridized carbons (Fsp3) is 0.822. The summed E-state index contributed by atoms with van der Waals surface area (Å²) in [6.07, 6.45) is 44.9. The minimum atomic E-state index is -4.38. The molecule has 0 aliphatic heterocycles. The van der Waals surface area contributed by atoms with Crippen LogP contribution in [0.2, 0.25) is 0 Å². The van der Waals surface area contributed by atoms with Gasteiger partial charge in [0.2, 0.25) is 0 Å². The molecule has 55 heavy (non-hydrogen) atoms. The molecule has 0 bridgehead atoms. The van der Waals surface area contributed by atoms with Crippen LogP contribution in [0.1, 0.15) is 206 Å². The number of carbonyl (C=O) groups excluding carboxylic acids is 2. The van der Waals surface area contributed by atoms with Crippen molar-refractivity contribution in [2.75, 3.05) is 26.4 Å². The monoisotopic (exact) mass is 798 g/mol. The molecule has 0 aliphatic rings. The van der Waals surface area contributed by atoms with Crippen molar-refractivity contribution in [3.63, 3.8) is 0 Å². The zero-order chi connectivity index (χ0) is 40.3. The van der Waals surface area contributed by atoms with Crippen molar-refractivity contribution >= 4 is 19.8 Å². The van der Waals surface area contributed by atoms with E-state index in [9.17, 15) is 19.0 Å². The Balaban J connectivity index is 4.10. The van der Waals surface area contributed by atoms with Gasteiger partial charge in [0, 0.05) is 19.4 Å². The molecule has 0 rings (SSSR count). The number of nitrogens with two attached hydrogens (primary N) is 1. The van der Waals surface area contributed by atoms with Gasteiger partial charge in [-0.15, -0.1) is 6.58 Å². The van der Waals surface area contributed by atoms with Crippen LogP contribution in [0.3, 0.4) is 0 Å². The molecule has 10 heteroatoms. The van der Waals surface area contributed by atoms with E-state index in [-0.39, 0.29) is 38.6 Å². The third kappa shape index (κ3) is 41.7. The van der Waals surface area contributed by atoms with E-state index in [4.69, 9.17) is 24.3 Å². The molecule has 0 saturated heterocycles. The molecule has 0 spiro atoms.